The van der Waals surface area contributed by atoms with Crippen molar-refractivity contribution in [1.29, 1.82) is 0 Å². The first-order valence-corrected chi connectivity index (χ1v) is 5.89. The monoisotopic (exact) mass is 225 g/mol. The molecule has 0 spiro atoms. The first-order chi connectivity index (χ1) is 7.62. The molecular weight excluding hydrogens is 206 g/mol. The topological polar surface area (TPSA) is 61.4 Å². The molecule has 2 heterocycles. The molecule has 0 aromatic rings. The Balaban J connectivity index is 2.00. The van der Waals surface area contributed by atoms with Gasteiger partial charge in [0.15, 0.2) is 0 Å². The van der Waals surface area contributed by atoms with E-state index >= 15 is 0 Å². The highest BCUT2D eigenvalue weighted by Gasteiger charge is 2.39. The molecule has 2 amide bonds. The quantitative estimate of drug-likeness (QED) is 0.622. The Morgan fingerprint density at radius 2 is 2.19 bits per heavy atom. The molecule has 2 rings (SSSR count). The number of carbonyl (C=O) groups is 2. The van der Waals surface area contributed by atoms with Gasteiger partial charge in [0, 0.05) is 32.6 Å². The molecule has 0 saturated carbocycles. The maximum Gasteiger partial charge on any atom is 0.229 e. The number of carbonyl (C=O) groups excluding carboxylic acids is 2. The Hall–Kier alpha value is -1.10. The van der Waals surface area contributed by atoms with Crippen molar-refractivity contribution in [2.75, 3.05) is 32.7 Å². The van der Waals surface area contributed by atoms with Crippen molar-refractivity contribution < 1.29 is 9.59 Å². The van der Waals surface area contributed by atoms with Crippen LogP contribution < -0.4 is 10.6 Å². The zero-order valence-electron chi connectivity index (χ0n) is 9.71. The van der Waals surface area contributed by atoms with E-state index in [2.05, 4.69) is 10.6 Å². The van der Waals surface area contributed by atoms with Crippen LogP contribution in [0.15, 0.2) is 0 Å². The molecule has 16 heavy (non-hydrogen) atoms. The summed E-state index contributed by atoms with van der Waals surface area (Å²) < 4.78 is 0. The number of hydrogen-bond acceptors (Lipinski definition) is 3. The van der Waals surface area contributed by atoms with E-state index in [-0.39, 0.29) is 17.2 Å². The van der Waals surface area contributed by atoms with Crippen LogP contribution >= 0.6 is 0 Å². The fraction of sp³-hybridized carbons (Fsp3) is 0.818. The Morgan fingerprint density at radius 1 is 1.38 bits per heavy atom. The van der Waals surface area contributed by atoms with Gasteiger partial charge in [-0.15, -0.1) is 0 Å². The van der Waals surface area contributed by atoms with E-state index in [4.69, 9.17) is 0 Å². The maximum absolute atomic E-state index is 12.3. The van der Waals surface area contributed by atoms with Crippen LogP contribution in [0.2, 0.25) is 0 Å². The maximum atomic E-state index is 12.3. The lowest BCUT2D eigenvalue weighted by Gasteiger charge is -2.29. The van der Waals surface area contributed by atoms with Gasteiger partial charge in [-0.1, -0.05) is 0 Å². The van der Waals surface area contributed by atoms with Crippen molar-refractivity contribution in [2.24, 2.45) is 5.41 Å². The van der Waals surface area contributed by atoms with Gasteiger partial charge >= 0.3 is 0 Å². The largest absolute Gasteiger partial charge is 0.354 e. The molecule has 0 aliphatic carbocycles. The lowest BCUT2D eigenvalue weighted by molar-refractivity contribution is -0.140. The van der Waals surface area contributed by atoms with Gasteiger partial charge in [0.2, 0.25) is 11.8 Å². The van der Waals surface area contributed by atoms with Crippen molar-refractivity contribution in [1.82, 2.24) is 15.5 Å². The van der Waals surface area contributed by atoms with E-state index in [1.54, 1.807) is 0 Å². The first-order valence-electron chi connectivity index (χ1n) is 5.89. The molecule has 1 atom stereocenters. The standard InChI is InChI=1S/C11H19N3O2/c1-11(3-4-12-8-11)10(16)14-6-2-9(15)13-5-7-14/h12H,2-8H2,1H3,(H,13,15). The molecule has 2 fully saturated rings. The third-order valence-electron chi connectivity index (χ3n) is 3.48. The third-order valence-corrected chi connectivity index (χ3v) is 3.48. The summed E-state index contributed by atoms with van der Waals surface area (Å²) in [4.78, 5) is 25.3. The number of nitrogens with one attached hydrogen (secondary N) is 2. The van der Waals surface area contributed by atoms with Crippen LogP contribution in [0.25, 0.3) is 0 Å². The Bertz CT molecular complexity index is 298. The van der Waals surface area contributed by atoms with Gasteiger partial charge in [-0.25, -0.2) is 0 Å². The number of amides is 2. The van der Waals surface area contributed by atoms with Crippen LogP contribution in [0.4, 0.5) is 0 Å². The lowest BCUT2D eigenvalue weighted by atomic mass is 9.88. The molecule has 0 aromatic carbocycles. The molecular formula is C11H19N3O2. The van der Waals surface area contributed by atoms with Crippen LogP contribution in [0.5, 0.6) is 0 Å². The molecule has 2 saturated heterocycles. The summed E-state index contributed by atoms with van der Waals surface area (Å²) >= 11 is 0. The van der Waals surface area contributed by atoms with E-state index in [1.807, 2.05) is 11.8 Å². The van der Waals surface area contributed by atoms with E-state index in [1.165, 1.54) is 0 Å². The predicted molar refractivity (Wildman–Crippen MR) is 59.8 cm³/mol. The zero-order valence-corrected chi connectivity index (χ0v) is 9.71. The summed E-state index contributed by atoms with van der Waals surface area (Å²) in [5, 5.41) is 6.01. The summed E-state index contributed by atoms with van der Waals surface area (Å²) in [6.45, 7) is 5.45. The van der Waals surface area contributed by atoms with Gasteiger partial charge in [-0.2, -0.15) is 0 Å². The fourth-order valence-electron chi connectivity index (χ4n) is 2.35. The summed E-state index contributed by atoms with van der Waals surface area (Å²) in [7, 11) is 0. The van der Waals surface area contributed by atoms with Crippen molar-refractivity contribution in [3.05, 3.63) is 0 Å². The first kappa shape index (κ1) is 11.4. The van der Waals surface area contributed by atoms with E-state index < -0.39 is 0 Å². The summed E-state index contributed by atoms with van der Waals surface area (Å²) in [6.07, 6.45) is 1.32. The molecule has 0 radical (unpaired) electrons. The summed E-state index contributed by atoms with van der Waals surface area (Å²) in [5.41, 5.74) is -0.270. The van der Waals surface area contributed by atoms with Gasteiger partial charge in [0.1, 0.15) is 0 Å². The van der Waals surface area contributed by atoms with Crippen LogP contribution in [-0.4, -0.2) is 49.4 Å². The fourth-order valence-corrected chi connectivity index (χ4v) is 2.35. The van der Waals surface area contributed by atoms with Crippen molar-refractivity contribution in [3.63, 3.8) is 0 Å². The minimum Gasteiger partial charge on any atom is -0.354 e. The second kappa shape index (κ2) is 4.41. The van der Waals surface area contributed by atoms with Crippen LogP contribution in [0, 0.1) is 5.41 Å². The second-order valence-corrected chi connectivity index (χ2v) is 4.88. The smallest absolute Gasteiger partial charge is 0.229 e. The minimum absolute atomic E-state index is 0.0463. The average Bonchev–Trinajstić information content (AvgIpc) is 2.59. The Kier molecular flexibility index (Phi) is 3.14. The van der Waals surface area contributed by atoms with Crippen LogP contribution in [-0.2, 0) is 9.59 Å². The Morgan fingerprint density at radius 3 is 2.88 bits per heavy atom. The summed E-state index contributed by atoms with van der Waals surface area (Å²) in [5.74, 6) is 0.235. The molecule has 2 N–H and O–H groups in total. The normalized spacial score (nSPS) is 31.1. The van der Waals surface area contributed by atoms with E-state index in [9.17, 15) is 9.59 Å². The van der Waals surface area contributed by atoms with Crippen molar-refractivity contribution >= 4 is 11.8 Å². The van der Waals surface area contributed by atoms with Crippen LogP contribution in [0.1, 0.15) is 19.8 Å². The number of hydrogen-bond donors (Lipinski definition) is 2. The molecule has 2 aliphatic rings. The third kappa shape index (κ3) is 2.19. The lowest BCUT2D eigenvalue weighted by Crippen LogP contribution is -2.45. The average molecular weight is 225 g/mol. The molecule has 5 heteroatoms. The highest BCUT2D eigenvalue weighted by molar-refractivity contribution is 5.84. The zero-order chi connectivity index (χ0) is 11.6. The molecule has 2 aliphatic heterocycles. The highest BCUT2D eigenvalue weighted by atomic mass is 16.2. The Labute approximate surface area is 95.6 Å². The molecule has 5 nitrogen and oxygen atoms in total. The van der Waals surface area contributed by atoms with Gasteiger partial charge < -0.3 is 15.5 Å². The van der Waals surface area contributed by atoms with E-state index in [0.29, 0.717) is 26.1 Å². The number of nitrogens with zero attached hydrogens (tertiary/aromatic N) is 1. The van der Waals surface area contributed by atoms with Gasteiger partial charge in [-0.05, 0) is 19.9 Å². The van der Waals surface area contributed by atoms with Gasteiger partial charge in [0.25, 0.3) is 0 Å². The van der Waals surface area contributed by atoms with Gasteiger partial charge in [0.05, 0.1) is 5.41 Å². The van der Waals surface area contributed by atoms with Crippen molar-refractivity contribution in [2.45, 2.75) is 19.8 Å². The molecule has 0 bridgehead atoms. The minimum atomic E-state index is -0.270. The van der Waals surface area contributed by atoms with E-state index in [0.717, 1.165) is 19.5 Å². The molecule has 0 aromatic heterocycles. The van der Waals surface area contributed by atoms with Crippen LogP contribution in [0.3, 0.4) is 0 Å². The second-order valence-electron chi connectivity index (χ2n) is 4.88. The SMILES string of the molecule is CC1(C(=O)N2CCNC(=O)CC2)CCNC1. The molecule has 1 unspecified atom stereocenters. The van der Waals surface area contributed by atoms with Crippen molar-refractivity contribution in [3.8, 4) is 0 Å². The van der Waals surface area contributed by atoms with Gasteiger partial charge in [-0.3, -0.25) is 9.59 Å². The summed E-state index contributed by atoms with van der Waals surface area (Å²) in [6, 6.07) is 0. The number of rotatable bonds is 1. The predicted octanol–water partition coefficient (Wildman–Crippen LogP) is -0.665. The molecule has 90 valence electrons. The highest BCUT2D eigenvalue weighted by Crippen LogP contribution is 2.27.